The van der Waals surface area contributed by atoms with Crippen LogP contribution in [0.3, 0.4) is 0 Å². The van der Waals surface area contributed by atoms with Crippen LogP contribution in [-0.2, 0) is 19.6 Å². The van der Waals surface area contributed by atoms with E-state index in [4.69, 9.17) is 0 Å². The number of hydrogen-bond donors (Lipinski definition) is 2. The maximum atomic E-state index is 12.5. The molecule has 0 radical (unpaired) electrons. The first kappa shape index (κ1) is 22.1. The van der Waals surface area contributed by atoms with Crippen molar-refractivity contribution in [1.29, 1.82) is 0 Å². The van der Waals surface area contributed by atoms with E-state index in [9.17, 15) is 18.0 Å². The number of methoxy groups -OCH3 is 1. The number of ether oxygens (including phenoxy) is 1. The Hall–Kier alpha value is -2.62. The number of amides is 1. The van der Waals surface area contributed by atoms with Gasteiger partial charge in [0.15, 0.2) is 4.34 Å². The van der Waals surface area contributed by atoms with Gasteiger partial charge in [-0.05, 0) is 19.1 Å². The second-order valence-corrected chi connectivity index (χ2v) is 10.6. The van der Waals surface area contributed by atoms with Crippen molar-refractivity contribution in [3.8, 4) is 0 Å². The van der Waals surface area contributed by atoms with Gasteiger partial charge in [-0.2, -0.15) is 8.42 Å². The molecule has 0 aliphatic rings. The molecule has 15 heteroatoms. The predicted octanol–water partition coefficient (Wildman–Crippen LogP) is 2.02. The van der Waals surface area contributed by atoms with Crippen LogP contribution in [0.1, 0.15) is 15.9 Å². The Morgan fingerprint density at radius 2 is 1.77 bits per heavy atom. The minimum Gasteiger partial charge on any atom is -0.468 e. The molecule has 1 aromatic carbocycles. The summed E-state index contributed by atoms with van der Waals surface area (Å²) in [4.78, 5) is 23.4. The molecule has 0 saturated carbocycles. The summed E-state index contributed by atoms with van der Waals surface area (Å²) < 4.78 is 31.8. The Kier molecular flexibility index (Phi) is 6.96. The molecule has 158 valence electrons. The number of nitrogens with one attached hydrogen (secondary N) is 2. The van der Waals surface area contributed by atoms with Crippen molar-refractivity contribution < 1.29 is 22.7 Å². The number of aromatic nitrogens is 4. The van der Waals surface area contributed by atoms with E-state index in [0.29, 0.717) is 21.2 Å². The smallest absolute Gasteiger partial charge is 0.316 e. The zero-order chi connectivity index (χ0) is 21.7. The van der Waals surface area contributed by atoms with Gasteiger partial charge in [0.25, 0.3) is 20.3 Å². The third-order valence-corrected chi connectivity index (χ3v) is 7.96. The largest absolute Gasteiger partial charge is 0.468 e. The van der Waals surface area contributed by atoms with Gasteiger partial charge in [-0.3, -0.25) is 19.6 Å². The van der Waals surface area contributed by atoms with Gasteiger partial charge >= 0.3 is 5.97 Å². The van der Waals surface area contributed by atoms with E-state index in [1.807, 2.05) is 6.92 Å². The number of rotatable bonds is 8. The van der Waals surface area contributed by atoms with E-state index < -0.39 is 21.9 Å². The first-order valence-electron chi connectivity index (χ1n) is 8.04. The number of benzene rings is 1. The molecule has 0 fully saturated rings. The molecular formula is C15H14N6O5S4. The zero-order valence-electron chi connectivity index (χ0n) is 15.5. The minimum absolute atomic E-state index is 0.00260. The summed E-state index contributed by atoms with van der Waals surface area (Å²) in [5, 5.41) is 17.4. The molecule has 2 heterocycles. The second-order valence-electron chi connectivity index (χ2n) is 5.54. The highest BCUT2D eigenvalue weighted by Crippen LogP contribution is 2.28. The monoisotopic (exact) mass is 486 g/mol. The van der Waals surface area contributed by atoms with Crippen LogP contribution in [0, 0.1) is 6.92 Å². The predicted molar refractivity (Wildman–Crippen MR) is 112 cm³/mol. The second kappa shape index (κ2) is 9.46. The SMILES string of the molecule is COC(=O)CSc1nnc(NS(=O)(=O)c2nnc(NC(=O)c3ccc(C)cc3)s2)s1. The van der Waals surface area contributed by atoms with E-state index in [1.165, 1.54) is 7.11 Å². The number of carbonyl (C=O) groups excluding carboxylic acids is 2. The lowest BCUT2D eigenvalue weighted by molar-refractivity contribution is -0.137. The van der Waals surface area contributed by atoms with Crippen molar-refractivity contribution in [3.63, 3.8) is 0 Å². The van der Waals surface area contributed by atoms with Crippen molar-refractivity contribution in [2.75, 3.05) is 22.9 Å². The van der Waals surface area contributed by atoms with Crippen LogP contribution in [0.15, 0.2) is 32.9 Å². The highest BCUT2D eigenvalue weighted by Gasteiger charge is 2.23. The fraction of sp³-hybridized carbons (Fsp3) is 0.200. The van der Waals surface area contributed by atoms with Gasteiger partial charge in [0, 0.05) is 5.56 Å². The summed E-state index contributed by atoms with van der Waals surface area (Å²) in [6, 6.07) is 6.87. The summed E-state index contributed by atoms with van der Waals surface area (Å²) in [6.45, 7) is 1.90. The van der Waals surface area contributed by atoms with Crippen LogP contribution in [0.5, 0.6) is 0 Å². The first-order chi connectivity index (χ1) is 14.3. The van der Waals surface area contributed by atoms with Crippen LogP contribution in [-0.4, -0.2) is 53.6 Å². The van der Waals surface area contributed by atoms with Crippen molar-refractivity contribution in [1.82, 2.24) is 20.4 Å². The van der Waals surface area contributed by atoms with Crippen LogP contribution in [0.4, 0.5) is 10.3 Å². The molecule has 0 unspecified atom stereocenters. The van der Waals surface area contributed by atoms with Crippen LogP contribution < -0.4 is 10.0 Å². The lowest BCUT2D eigenvalue weighted by Crippen LogP contribution is -2.12. The van der Waals surface area contributed by atoms with Gasteiger partial charge in [-0.1, -0.05) is 52.1 Å². The van der Waals surface area contributed by atoms with E-state index in [0.717, 1.165) is 28.7 Å². The molecule has 0 atom stereocenters. The number of aryl methyl sites for hydroxylation is 1. The number of nitrogens with zero attached hydrogens (tertiary/aromatic N) is 4. The van der Waals surface area contributed by atoms with Gasteiger partial charge in [-0.15, -0.1) is 20.4 Å². The number of anilines is 2. The summed E-state index contributed by atoms with van der Waals surface area (Å²) >= 11 is 2.71. The maximum absolute atomic E-state index is 12.5. The van der Waals surface area contributed by atoms with Crippen molar-refractivity contribution in [2.45, 2.75) is 15.6 Å². The third kappa shape index (κ3) is 5.71. The van der Waals surface area contributed by atoms with Crippen molar-refractivity contribution in [2.24, 2.45) is 0 Å². The summed E-state index contributed by atoms with van der Waals surface area (Å²) in [6.07, 6.45) is 0. The van der Waals surface area contributed by atoms with Gasteiger partial charge in [0.1, 0.15) is 0 Å². The molecule has 2 aromatic heterocycles. The highest BCUT2D eigenvalue weighted by molar-refractivity contribution is 8.01. The fourth-order valence-corrected chi connectivity index (χ4v) is 5.60. The van der Waals surface area contributed by atoms with E-state index in [1.54, 1.807) is 24.3 Å². The zero-order valence-corrected chi connectivity index (χ0v) is 18.7. The number of hydrogen-bond acceptors (Lipinski definition) is 12. The molecule has 3 rings (SSSR count). The molecular weight excluding hydrogens is 472 g/mol. The molecule has 0 aliphatic heterocycles. The van der Waals surface area contributed by atoms with E-state index in [2.05, 4.69) is 35.2 Å². The molecule has 0 saturated heterocycles. The average Bonchev–Trinajstić information content (AvgIpc) is 3.36. The number of sulfonamides is 1. The lowest BCUT2D eigenvalue weighted by Gasteiger charge is -2.01. The Labute approximate surface area is 183 Å². The lowest BCUT2D eigenvalue weighted by atomic mass is 10.1. The number of thioether (sulfide) groups is 1. The standard InChI is InChI=1S/C15H14N6O5S4/c1-8-3-5-9(6-4-8)11(23)16-12-17-20-15(29-12)30(24,25)21-13-18-19-14(28-13)27-7-10(22)26-2/h3-6H,7H2,1-2H3,(H,18,21)(H,16,17,23). The molecule has 1 amide bonds. The maximum Gasteiger partial charge on any atom is 0.316 e. The Morgan fingerprint density at radius 3 is 2.47 bits per heavy atom. The molecule has 0 aliphatic carbocycles. The highest BCUT2D eigenvalue weighted by atomic mass is 32.2. The van der Waals surface area contributed by atoms with Crippen molar-refractivity contribution in [3.05, 3.63) is 35.4 Å². The van der Waals surface area contributed by atoms with Crippen LogP contribution in [0.2, 0.25) is 0 Å². The first-order valence-corrected chi connectivity index (χ1v) is 12.1. The Morgan fingerprint density at radius 1 is 1.07 bits per heavy atom. The Balaban J connectivity index is 1.64. The van der Waals surface area contributed by atoms with Gasteiger partial charge in [0.2, 0.25) is 10.3 Å². The molecule has 30 heavy (non-hydrogen) atoms. The summed E-state index contributed by atoms with van der Waals surface area (Å²) in [7, 11) is -2.80. The summed E-state index contributed by atoms with van der Waals surface area (Å²) in [5.74, 6) is -0.843. The molecule has 3 aromatic rings. The normalized spacial score (nSPS) is 11.1. The van der Waals surface area contributed by atoms with Gasteiger partial charge in [-0.25, -0.2) is 0 Å². The minimum atomic E-state index is -4.07. The van der Waals surface area contributed by atoms with E-state index in [-0.39, 0.29) is 20.4 Å². The topological polar surface area (TPSA) is 153 Å². The fourth-order valence-electron chi connectivity index (χ4n) is 1.89. The average molecular weight is 487 g/mol. The molecule has 11 nitrogen and oxygen atoms in total. The van der Waals surface area contributed by atoms with Crippen LogP contribution in [0.25, 0.3) is 0 Å². The van der Waals surface area contributed by atoms with Crippen LogP contribution >= 0.6 is 34.4 Å². The number of carbonyl (C=O) groups is 2. The van der Waals surface area contributed by atoms with E-state index >= 15 is 0 Å². The van der Waals surface area contributed by atoms with Gasteiger partial charge < -0.3 is 4.74 Å². The number of esters is 1. The molecule has 0 bridgehead atoms. The quantitative estimate of drug-likeness (QED) is 0.274. The third-order valence-electron chi connectivity index (χ3n) is 3.34. The van der Waals surface area contributed by atoms with Crippen molar-refractivity contribution >= 4 is 66.6 Å². The Bertz CT molecular complexity index is 1160. The molecule has 2 N–H and O–H groups in total. The molecule has 0 spiro atoms. The van der Waals surface area contributed by atoms with Gasteiger partial charge in [0.05, 0.1) is 12.9 Å². The summed E-state index contributed by atoms with van der Waals surface area (Å²) in [5.41, 5.74) is 1.41.